The first-order chi connectivity index (χ1) is 21.0. The summed E-state index contributed by atoms with van der Waals surface area (Å²) in [5.41, 5.74) is 13.4. The van der Waals surface area contributed by atoms with Crippen LogP contribution in [0.1, 0.15) is 62.4 Å². The fourth-order valence-electron chi connectivity index (χ4n) is 8.45. The first-order valence-corrected chi connectivity index (χ1v) is 15.9. The molecule has 1 aliphatic carbocycles. The summed E-state index contributed by atoms with van der Waals surface area (Å²) in [4.78, 5) is 0. The maximum atomic E-state index is 2.52. The molecule has 1 aromatic heterocycles. The summed E-state index contributed by atoms with van der Waals surface area (Å²) in [5.74, 6) is 0. The van der Waals surface area contributed by atoms with Crippen LogP contribution in [0.3, 0.4) is 0 Å². The smallest absolute Gasteiger partial charge is 0.0553 e. The molecule has 0 saturated heterocycles. The maximum absolute atomic E-state index is 2.52. The molecule has 0 radical (unpaired) electrons. The summed E-state index contributed by atoms with van der Waals surface area (Å²) in [6.45, 7) is 16.1. The van der Waals surface area contributed by atoms with Crippen LogP contribution < -0.4 is 0 Å². The number of aromatic nitrogens is 1. The van der Waals surface area contributed by atoms with Gasteiger partial charge in [-0.1, -0.05) is 101 Å². The van der Waals surface area contributed by atoms with Gasteiger partial charge in [-0.25, -0.2) is 0 Å². The normalized spacial score (nSPS) is 14.4. The third-order valence-electron chi connectivity index (χ3n) is 10.5. The molecule has 0 bridgehead atoms. The third-order valence-corrected chi connectivity index (χ3v) is 10.5. The van der Waals surface area contributed by atoms with E-state index in [1.54, 1.807) is 0 Å². The molecule has 0 atom stereocenters. The van der Waals surface area contributed by atoms with Gasteiger partial charge in [-0.2, -0.15) is 0 Å². The molecule has 0 saturated carbocycles. The molecule has 1 nitrogen and oxygen atoms in total. The molecule has 1 aliphatic rings. The van der Waals surface area contributed by atoms with Gasteiger partial charge >= 0.3 is 0 Å². The molecule has 7 aromatic carbocycles. The van der Waals surface area contributed by atoms with Crippen LogP contribution in [0.2, 0.25) is 0 Å². The summed E-state index contributed by atoms with van der Waals surface area (Å²) in [6, 6.07) is 37.6. The predicted octanol–water partition coefficient (Wildman–Crippen LogP) is 11.9. The van der Waals surface area contributed by atoms with Crippen molar-refractivity contribution in [3.63, 3.8) is 0 Å². The first kappa shape index (κ1) is 25.8. The van der Waals surface area contributed by atoms with E-state index in [1.807, 2.05) is 0 Å². The number of rotatable bonds is 1. The molecule has 0 N–H and O–H groups in total. The van der Waals surface area contributed by atoms with E-state index in [1.165, 1.54) is 98.8 Å². The van der Waals surface area contributed by atoms with Crippen LogP contribution in [0.4, 0.5) is 0 Å². The molecule has 1 heterocycles. The average molecular weight is 568 g/mol. The minimum atomic E-state index is -0.0201. The first-order valence-electron chi connectivity index (χ1n) is 15.9. The summed E-state index contributed by atoms with van der Waals surface area (Å²) >= 11 is 0. The molecule has 0 unspecified atom stereocenters. The van der Waals surface area contributed by atoms with Crippen LogP contribution in [-0.2, 0) is 10.8 Å². The highest BCUT2D eigenvalue weighted by Gasteiger charge is 2.37. The standard InChI is InChI=1S/C43H37N/c1-24-18-25(2)20-29(19-24)44-36-23-28(42(3,4)5)14-17-31(36)41-33-16-12-26-21-35-40(30-10-8-9-11-34(30)43(35,6)7)32-15-13-27(22-37(41)44)39(33)38(26)32/h8-23H,1-7H3. The second-order valence-corrected chi connectivity index (χ2v) is 14.8. The van der Waals surface area contributed by atoms with E-state index in [9.17, 15) is 0 Å². The van der Waals surface area contributed by atoms with E-state index >= 15 is 0 Å². The summed E-state index contributed by atoms with van der Waals surface area (Å²) < 4.78 is 2.52. The number of benzene rings is 7. The third kappa shape index (κ3) is 3.25. The topological polar surface area (TPSA) is 4.93 Å². The molecule has 1 heteroatoms. The molecule has 9 rings (SSSR count). The van der Waals surface area contributed by atoms with E-state index in [-0.39, 0.29) is 10.8 Å². The molecule has 0 aliphatic heterocycles. The van der Waals surface area contributed by atoms with Crippen molar-refractivity contribution >= 4 is 54.1 Å². The second-order valence-electron chi connectivity index (χ2n) is 14.8. The van der Waals surface area contributed by atoms with Gasteiger partial charge in [-0.05, 0) is 121 Å². The highest BCUT2D eigenvalue weighted by molar-refractivity contribution is 6.34. The molecule has 0 fully saturated rings. The van der Waals surface area contributed by atoms with Crippen molar-refractivity contribution in [2.45, 2.75) is 59.3 Å². The zero-order valence-electron chi connectivity index (χ0n) is 26.7. The lowest BCUT2D eigenvalue weighted by molar-refractivity contribution is 0.591. The van der Waals surface area contributed by atoms with Crippen molar-refractivity contribution in [3.05, 3.63) is 125 Å². The summed E-state index contributed by atoms with van der Waals surface area (Å²) in [6.07, 6.45) is 0. The van der Waals surface area contributed by atoms with Gasteiger partial charge in [0.25, 0.3) is 0 Å². The maximum Gasteiger partial charge on any atom is 0.0553 e. The number of nitrogens with zero attached hydrogens (tertiary/aromatic N) is 1. The highest BCUT2D eigenvalue weighted by atomic mass is 15.0. The second kappa shape index (κ2) is 8.30. The van der Waals surface area contributed by atoms with Gasteiger partial charge in [0, 0.05) is 21.9 Å². The average Bonchev–Trinajstić information content (AvgIpc) is 3.43. The summed E-state index contributed by atoms with van der Waals surface area (Å²) in [7, 11) is 0. The molecule has 0 spiro atoms. The molecular formula is C43H37N. The Labute approximate surface area is 259 Å². The van der Waals surface area contributed by atoms with Gasteiger partial charge in [0.15, 0.2) is 0 Å². The van der Waals surface area contributed by atoms with E-state index in [4.69, 9.17) is 0 Å². The SMILES string of the molecule is Cc1cc(C)cc(-n2c3cc(C(C)(C)C)ccc3c3c4ccc5cc6c(c7ccc(cc32)c4c57)-c2ccccc2C6(C)C)c1. The van der Waals surface area contributed by atoms with Crippen LogP contribution >= 0.6 is 0 Å². The lowest BCUT2D eigenvalue weighted by atomic mass is 9.80. The van der Waals surface area contributed by atoms with Gasteiger partial charge < -0.3 is 4.57 Å². The van der Waals surface area contributed by atoms with E-state index in [0.29, 0.717) is 0 Å². The zero-order valence-corrected chi connectivity index (χ0v) is 26.7. The molecule has 8 aromatic rings. The Balaban J connectivity index is 1.47. The number of hydrogen-bond acceptors (Lipinski definition) is 0. The Kier molecular flexibility index (Phi) is 4.87. The predicted molar refractivity (Wildman–Crippen MR) is 190 cm³/mol. The van der Waals surface area contributed by atoms with Crippen LogP contribution in [0.25, 0.3) is 70.9 Å². The van der Waals surface area contributed by atoms with E-state index < -0.39 is 0 Å². The highest BCUT2D eigenvalue weighted by Crippen LogP contribution is 2.54. The Morgan fingerprint density at radius 1 is 0.568 bits per heavy atom. The van der Waals surface area contributed by atoms with E-state index in [2.05, 4.69) is 150 Å². The molecule has 44 heavy (non-hydrogen) atoms. The largest absolute Gasteiger partial charge is 0.309 e. The monoisotopic (exact) mass is 567 g/mol. The lowest BCUT2D eigenvalue weighted by Crippen LogP contribution is -2.14. The molecular weight excluding hydrogens is 530 g/mol. The molecule has 0 amide bonds. The Bertz CT molecular complexity index is 2490. The van der Waals surface area contributed by atoms with Gasteiger partial charge in [0.2, 0.25) is 0 Å². The van der Waals surface area contributed by atoms with Crippen LogP contribution in [0, 0.1) is 13.8 Å². The van der Waals surface area contributed by atoms with Gasteiger partial charge in [0.1, 0.15) is 0 Å². The zero-order chi connectivity index (χ0) is 30.3. The fourth-order valence-corrected chi connectivity index (χ4v) is 8.45. The van der Waals surface area contributed by atoms with Crippen molar-refractivity contribution < 1.29 is 0 Å². The Morgan fingerprint density at radius 2 is 1.23 bits per heavy atom. The number of aryl methyl sites for hydroxylation is 2. The van der Waals surface area contributed by atoms with Gasteiger partial charge in [0.05, 0.1) is 11.0 Å². The Hall–Kier alpha value is -4.62. The summed E-state index contributed by atoms with van der Waals surface area (Å²) in [5, 5.41) is 10.8. The van der Waals surface area contributed by atoms with Gasteiger partial charge in [-0.3, -0.25) is 0 Å². The lowest BCUT2D eigenvalue weighted by Gasteiger charge is -2.22. The number of fused-ring (bicyclic) bond motifs is 8. The Morgan fingerprint density at radius 3 is 1.98 bits per heavy atom. The van der Waals surface area contributed by atoms with Crippen molar-refractivity contribution in [2.75, 3.05) is 0 Å². The quantitative estimate of drug-likeness (QED) is 0.174. The molecule has 214 valence electrons. The minimum absolute atomic E-state index is 0.0201. The van der Waals surface area contributed by atoms with Crippen LogP contribution in [0.15, 0.2) is 97.1 Å². The number of hydrogen-bond donors (Lipinski definition) is 0. The van der Waals surface area contributed by atoms with Crippen molar-refractivity contribution in [3.8, 4) is 16.8 Å². The van der Waals surface area contributed by atoms with Crippen molar-refractivity contribution in [1.29, 1.82) is 0 Å². The fraction of sp³-hybridized carbons (Fsp3) is 0.209. The van der Waals surface area contributed by atoms with Crippen LogP contribution in [-0.4, -0.2) is 4.57 Å². The minimum Gasteiger partial charge on any atom is -0.309 e. The van der Waals surface area contributed by atoms with E-state index in [0.717, 1.165) is 0 Å². The van der Waals surface area contributed by atoms with Crippen molar-refractivity contribution in [1.82, 2.24) is 4.57 Å². The van der Waals surface area contributed by atoms with Crippen molar-refractivity contribution in [2.24, 2.45) is 0 Å². The van der Waals surface area contributed by atoms with Gasteiger partial charge in [-0.15, -0.1) is 0 Å². The van der Waals surface area contributed by atoms with Crippen LogP contribution in [0.5, 0.6) is 0 Å².